The predicted octanol–water partition coefficient (Wildman–Crippen LogP) is 6.41. The summed E-state index contributed by atoms with van der Waals surface area (Å²) in [5.41, 5.74) is 3.52. The minimum atomic E-state index is -4.41. The van der Waals surface area contributed by atoms with Crippen molar-refractivity contribution in [2.24, 2.45) is 0 Å². The maximum Gasteiger partial charge on any atom is 0.416 e. The van der Waals surface area contributed by atoms with Crippen LogP contribution >= 0.6 is 0 Å². The third-order valence-corrected chi connectivity index (χ3v) is 6.01. The van der Waals surface area contributed by atoms with Crippen LogP contribution in [-0.2, 0) is 19.1 Å². The molecule has 2 aromatic carbocycles. The van der Waals surface area contributed by atoms with Crippen LogP contribution in [-0.4, -0.2) is 22.1 Å². The molecule has 8 heteroatoms. The van der Waals surface area contributed by atoms with Crippen LogP contribution in [0.4, 0.5) is 17.6 Å². The third kappa shape index (κ3) is 5.37. The van der Waals surface area contributed by atoms with Crippen LogP contribution in [0.15, 0.2) is 67.0 Å². The number of fused-ring (bicyclic) bond motifs is 1. The molecule has 0 unspecified atom stereocenters. The summed E-state index contributed by atoms with van der Waals surface area (Å²) in [5, 5.41) is 3.56. The SMILES string of the molecule is Cc1ccc([C@H](C)NC(=O)c2cn(CCF)c3nccc(Cc4ccc(C(F)(F)F)cc4)c23)cc1. The van der Waals surface area contributed by atoms with Crippen LogP contribution in [0.1, 0.15) is 51.1 Å². The van der Waals surface area contributed by atoms with Gasteiger partial charge >= 0.3 is 6.18 Å². The van der Waals surface area contributed by atoms with Gasteiger partial charge in [0.2, 0.25) is 0 Å². The fraction of sp³-hybridized carbons (Fsp3) is 0.259. The fourth-order valence-corrected chi connectivity index (χ4v) is 4.11. The van der Waals surface area contributed by atoms with Gasteiger partial charge in [0.05, 0.1) is 23.7 Å². The number of carbonyl (C=O) groups is 1. The number of alkyl halides is 4. The molecule has 0 aliphatic rings. The van der Waals surface area contributed by atoms with Crippen molar-refractivity contribution in [3.63, 3.8) is 0 Å². The van der Waals surface area contributed by atoms with Crippen LogP contribution in [0.5, 0.6) is 0 Å². The average Bonchev–Trinajstić information content (AvgIpc) is 3.19. The third-order valence-electron chi connectivity index (χ3n) is 6.01. The maximum atomic E-state index is 13.3. The summed E-state index contributed by atoms with van der Waals surface area (Å²) < 4.78 is 53.6. The Morgan fingerprint density at radius 3 is 2.37 bits per heavy atom. The Bertz CT molecular complexity index is 1330. The Morgan fingerprint density at radius 1 is 1.06 bits per heavy atom. The van der Waals surface area contributed by atoms with Crippen LogP contribution in [0.2, 0.25) is 0 Å². The molecule has 0 radical (unpaired) electrons. The van der Waals surface area contributed by atoms with Crippen molar-refractivity contribution in [2.75, 3.05) is 6.67 Å². The van der Waals surface area contributed by atoms with Crippen molar-refractivity contribution in [3.05, 3.63) is 100 Å². The van der Waals surface area contributed by atoms with Gasteiger partial charge in [0.15, 0.2) is 0 Å². The minimum Gasteiger partial charge on any atom is -0.345 e. The molecule has 4 nitrogen and oxygen atoms in total. The molecule has 182 valence electrons. The van der Waals surface area contributed by atoms with Gasteiger partial charge in [-0.2, -0.15) is 13.2 Å². The molecule has 0 spiro atoms. The van der Waals surface area contributed by atoms with Crippen LogP contribution in [0.25, 0.3) is 11.0 Å². The number of hydrogen-bond donors (Lipinski definition) is 1. The van der Waals surface area contributed by atoms with Crippen molar-refractivity contribution >= 4 is 16.9 Å². The summed E-state index contributed by atoms with van der Waals surface area (Å²) in [6, 6.07) is 14.2. The first-order valence-corrected chi connectivity index (χ1v) is 11.2. The summed E-state index contributed by atoms with van der Waals surface area (Å²) in [7, 11) is 0. The molecule has 35 heavy (non-hydrogen) atoms. The number of halogens is 4. The number of nitrogens with zero attached hydrogens (tertiary/aromatic N) is 2. The van der Waals surface area contributed by atoms with Gasteiger partial charge < -0.3 is 9.88 Å². The van der Waals surface area contributed by atoms with E-state index in [9.17, 15) is 22.4 Å². The summed E-state index contributed by atoms with van der Waals surface area (Å²) in [4.78, 5) is 17.7. The fourth-order valence-electron chi connectivity index (χ4n) is 4.11. The van der Waals surface area contributed by atoms with E-state index in [1.54, 1.807) is 23.0 Å². The number of rotatable bonds is 7. The molecule has 4 aromatic rings. The number of benzene rings is 2. The second kappa shape index (κ2) is 9.90. The first-order chi connectivity index (χ1) is 16.7. The van der Waals surface area contributed by atoms with Gasteiger partial charge in [-0.05, 0) is 55.2 Å². The smallest absolute Gasteiger partial charge is 0.345 e. The second-order valence-electron chi connectivity index (χ2n) is 8.57. The Kier molecular flexibility index (Phi) is 6.91. The molecule has 0 bridgehead atoms. The highest BCUT2D eigenvalue weighted by Gasteiger charge is 2.30. The molecule has 1 amide bonds. The molecule has 0 saturated carbocycles. The van der Waals surface area contributed by atoms with Crippen molar-refractivity contribution in [2.45, 2.75) is 39.0 Å². The zero-order valence-electron chi connectivity index (χ0n) is 19.4. The number of carbonyl (C=O) groups excluding carboxylic acids is 1. The van der Waals surface area contributed by atoms with Gasteiger partial charge in [-0.15, -0.1) is 0 Å². The molecule has 0 saturated heterocycles. The van der Waals surface area contributed by atoms with E-state index < -0.39 is 18.4 Å². The largest absolute Gasteiger partial charge is 0.416 e. The highest BCUT2D eigenvalue weighted by Crippen LogP contribution is 2.31. The highest BCUT2D eigenvalue weighted by molar-refractivity contribution is 6.07. The van der Waals surface area contributed by atoms with Gasteiger partial charge in [0.25, 0.3) is 5.91 Å². The lowest BCUT2D eigenvalue weighted by Gasteiger charge is -2.15. The van der Waals surface area contributed by atoms with Crippen molar-refractivity contribution in [1.82, 2.24) is 14.9 Å². The van der Waals surface area contributed by atoms with E-state index in [0.29, 0.717) is 28.6 Å². The monoisotopic (exact) mass is 483 g/mol. The molecular weight excluding hydrogens is 458 g/mol. The lowest BCUT2D eigenvalue weighted by Crippen LogP contribution is -2.26. The number of nitrogens with one attached hydrogen (secondary N) is 1. The number of hydrogen-bond acceptors (Lipinski definition) is 2. The average molecular weight is 484 g/mol. The Labute approximate surface area is 200 Å². The van der Waals surface area contributed by atoms with E-state index in [1.807, 2.05) is 38.1 Å². The molecule has 2 aromatic heterocycles. The lowest BCUT2D eigenvalue weighted by molar-refractivity contribution is -0.137. The maximum absolute atomic E-state index is 13.3. The van der Waals surface area contributed by atoms with E-state index in [-0.39, 0.29) is 18.5 Å². The summed E-state index contributed by atoms with van der Waals surface area (Å²) in [5.74, 6) is -0.331. The number of amides is 1. The quantitative estimate of drug-likeness (QED) is 0.309. The van der Waals surface area contributed by atoms with E-state index in [2.05, 4.69) is 10.3 Å². The first kappa shape index (κ1) is 24.4. The van der Waals surface area contributed by atoms with E-state index in [4.69, 9.17) is 0 Å². The van der Waals surface area contributed by atoms with Crippen LogP contribution < -0.4 is 5.32 Å². The van der Waals surface area contributed by atoms with Gasteiger partial charge in [-0.25, -0.2) is 9.37 Å². The molecule has 4 rings (SSSR count). The number of aromatic nitrogens is 2. The van der Waals surface area contributed by atoms with E-state index in [0.717, 1.165) is 28.8 Å². The van der Waals surface area contributed by atoms with Crippen LogP contribution in [0, 0.1) is 6.92 Å². The topological polar surface area (TPSA) is 46.9 Å². The van der Waals surface area contributed by atoms with Gasteiger partial charge in [-0.1, -0.05) is 42.0 Å². The standard InChI is InChI=1S/C27H25F4N3O/c1-17-3-7-20(8-4-17)18(2)33-26(35)23-16-34(14-12-28)25-24(23)21(11-13-32-25)15-19-5-9-22(10-6-19)27(29,30)31/h3-11,13,16,18H,12,14-15H2,1-2H3,(H,33,35)/t18-/m0/s1. The Balaban J connectivity index is 1.69. The minimum absolute atomic E-state index is 0.0357. The molecule has 0 aliphatic heterocycles. The van der Waals surface area contributed by atoms with Crippen molar-refractivity contribution < 1.29 is 22.4 Å². The van der Waals surface area contributed by atoms with Crippen LogP contribution in [0.3, 0.4) is 0 Å². The first-order valence-electron chi connectivity index (χ1n) is 11.2. The molecule has 1 N–H and O–H groups in total. The highest BCUT2D eigenvalue weighted by atomic mass is 19.4. The second-order valence-corrected chi connectivity index (χ2v) is 8.57. The number of aryl methyl sites for hydroxylation is 2. The Hall–Kier alpha value is -3.68. The molecule has 0 aliphatic carbocycles. The van der Waals surface area contributed by atoms with Gasteiger partial charge in [-0.3, -0.25) is 4.79 Å². The van der Waals surface area contributed by atoms with E-state index >= 15 is 0 Å². The van der Waals surface area contributed by atoms with Crippen molar-refractivity contribution in [3.8, 4) is 0 Å². The Morgan fingerprint density at radius 2 is 1.74 bits per heavy atom. The summed E-state index contributed by atoms with van der Waals surface area (Å²) in [6.07, 6.45) is -0.964. The zero-order valence-corrected chi connectivity index (χ0v) is 19.4. The lowest BCUT2D eigenvalue weighted by atomic mass is 9.99. The van der Waals surface area contributed by atoms with Gasteiger partial charge in [0.1, 0.15) is 12.3 Å². The zero-order chi connectivity index (χ0) is 25.2. The predicted molar refractivity (Wildman–Crippen MR) is 127 cm³/mol. The molecular formula is C27H25F4N3O. The number of pyridine rings is 1. The molecule has 1 atom stereocenters. The summed E-state index contributed by atoms with van der Waals surface area (Å²) >= 11 is 0. The summed E-state index contributed by atoms with van der Waals surface area (Å²) in [6.45, 7) is 3.27. The van der Waals surface area contributed by atoms with Gasteiger partial charge in [0, 0.05) is 17.8 Å². The van der Waals surface area contributed by atoms with E-state index in [1.165, 1.54) is 12.1 Å². The molecule has 2 heterocycles. The molecule has 0 fully saturated rings. The normalized spacial score (nSPS) is 12.6. The van der Waals surface area contributed by atoms with Crippen molar-refractivity contribution in [1.29, 1.82) is 0 Å².